The van der Waals surface area contributed by atoms with Crippen LogP contribution in [0.4, 0.5) is 4.39 Å². The fourth-order valence-electron chi connectivity index (χ4n) is 6.01. The Morgan fingerprint density at radius 3 is 2.83 bits per heavy atom. The lowest BCUT2D eigenvalue weighted by Crippen LogP contribution is -2.69. The maximum atomic E-state index is 13.5. The van der Waals surface area contributed by atoms with Crippen LogP contribution in [0, 0.1) is 17.2 Å². The number of hydrogen-bond donors (Lipinski definition) is 2. The molecule has 1 heterocycles. The molecule has 7 heteroatoms. The van der Waals surface area contributed by atoms with E-state index in [1.54, 1.807) is 0 Å². The molecule has 0 spiro atoms. The molecular weight excluding hydrogens is 333 g/mol. The SMILES string of the molecule is N#C[C@@H]1C[C@H](F)CN1C(=O)CNC12CC3CC(O)(CC(Cl)(C3)C1)C2. The average molecular weight is 356 g/mol. The van der Waals surface area contributed by atoms with Crippen LogP contribution in [0.2, 0.25) is 0 Å². The Labute approximate surface area is 146 Å². The van der Waals surface area contributed by atoms with Crippen molar-refractivity contribution in [3.63, 3.8) is 0 Å². The molecule has 5 nitrogen and oxygen atoms in total. The number of likely N-dealkylation sites (tertiary alicyclic amines) is 1. The first-order chi connectivity index (χ1) is 11.2. The zero-order chi connectivity index (χ0) is 17.2. The summed E-state index contributed by atoms with van der Waals surface area (Å²) in [5, 5.41) is 23.2. The number of carbonyl (C=O) groups excluding carboxylic acids is 1. The molecule has 4 bridgehead atoms. The Bertz CT molecular complexity index is 591. The second-order valence-electron chi connectivity index (χ2n) is 8.54. The van der Waals surface area contributed by atoms with Crippen LogP contribution in [0.25, 0.3) is 0 Å². The van der Waals surface area contributed by atoms with Gasteiger partial charge in [-0.25, -0.2) is 4.39 Å². The van der Waals surface area contributed by atoms with Crippen molar-refractivity contribution in [2.24, 2.45) is 5.92 Å². The minimum atomic E-state index is -1.12. The van der Waals surface area contributed by atoms with E-state index in [0.717, 1.165) is 25.7 Å². The van der Waals surface area contributed by atoms with E-state index in [1.807, 2.05) is 6.07 Å². The predicted molar refractivity (Wildman–Crippen MR) is 86.1 cm³/mol. The third kappa shape index (κ3) is 2.71. The third-order valence-electron chi connectivity index (χ3n) is 6.31. The number of alkyl halides is 2. The molecule has 4 unspecified atom stereocenters. The molecule has 132 valence electrons. The molecule has 0 aromatic carbocycles. The molecular formula is C17H23ClFN3O2. The minimum Gasteiger partial charge on any atom is -0.390 e. The molecule has 5 aliphatic rings. The summed E-state index contributed by atoms with van der Waals surface area (Å²) in [6.07, 6.45) is 3.62. The van der Waals surface area contributed by atoms with Crippen LogP contribution in [0.1, 0.15) is 44.9 Å². The van der Waals surface area contributed by atoms with E-state index in [0.29, 0.717) is 18.8 Å². The summed E-state index contributed by atoms with van der Waals surface area (Å²) < 4.78 is 13.5. The van der Waals surface area contributed by atoms with Gasteiger partial charge in [0, 0.05) is 16.8 Å². The lowest BCUT2D eigenvalue weighted by molar-refractivity contribution is -0.141. The van der Waals surface area contributed by atoms with Crippen molar-refractivity contribution in [3.8, 4) is 6.07 Å². The molecule has 0 aromatic rings. The molecule has 6 atom stereocenters. The van der Waals surface area contributed by atoms with E-state index in [4.69, 9.17) is 16.9 Å². The number of aliphatic hydroxyl groups is 1. The zero-order valence-corrected chi connectivity index (χ0v) is 14.4. The van der Waals surface area contributed by atoms with Gasteiger partial charge in [-0.3, -0.25) is 4.79 Å². The zero-order valence-electron chi connectivity index (χ0n) is 13.6. The summed E-state index contributed by atoms with van der Waals surface area (Å²) in [6, 6.07) is 1.34. The first-order valence-corrected chi connectivity index (χ1v) is 9.11. The Morgan fingerprint density at radius 1 is 1.38 bits per heavy atom. The van der Waals surface area contributed by atoms with Gasteiger partial charge in [0.2, 0.25) is 5.91 Å². The van der Waals surface area contributed by atoms with Crippen molar-refractivity contribution in [1.29, 1.82) is 5.26 Å². The molecule has 1 aliphatic heterocycles. The van der Waals surface area contributed by atoms with Gasteiger partial charge >= 0.3 is 0 Å². The van der Waals surface area contributed by atoms with Crippen molar-refractivity contribution >= 4 is 17.5 Å². The van der Waals surface area contributed by atoms with E-state index in [1.165, 1.54) is 4.90 Å². The number of nitrogens with one attached hydrogen (secondary N) is 1. The van der Waals surface area contributed by atoms with Gasteiger partial charge in [-0.15, -0.1) is 11.6 Å². The monoisotopic (exact) mass is 355 g/mol. The van der Waals surface area contributed by atoms with Crippen LogP contribution in [-0.4, -0.2) is 57.2 Å². The van der Waals surface area contributed by atoms with E-state index in [2.05, 4.69) is 5.32 Å². The van der Waals surface area contributed by atoms with Crippen LogP contribution < -0.4 is 5.32 Å². The molecule has 5 rings (SSSR count). The van der Waals surface area contributed by atoms with Gasteiger partial charge in [-0.1, -0.05) is 0 Å². The van der Waals surface area contributed by atoms with Crippen molar-refractivity contribution < 1.29 is 14.3 Å². The lowest BCUT2D eigenvalue weighted by Gasteiger charge is -2.63. The van der Waals surface area contributed by atoms with Gasteiger partial charge in [0.25, 0.3) is 0 Å². The normalized spacial score (nSPS) is 49.4. The highest BCUT2D eigenvalue weighted by Gasteiger charge is 2.62. The van der Waals surface area contributed by atoms with Gasteiger partial charge in [0.1, 0.15) is 12.2 Å². The molecule has 1 amide bonds. The number of hydrogen-bond acceptors (Lipinski definition) is 4. The molecule has 2 N–H and O–H groups in total. The molecule has 0 radical (unpaired) electrons. The van der Waals surface area contributed by atoms with E-state index >= 15 is 0 Å². The Balaban J connectivity index is 1.44. The minimum absolute atomic E-state index is 0.00224. The summed E-state index contributed by atoms with van der Waals surface area (Å²) in [4.78, 5) is 13.4. The maximum Gasteiger partial charge on any atom is 0.237 e. The molecule has 4 aliphatic carbocycles. The van der Waals surface area contributed by atoms with Gasteiger partial charge in [0.05, 0.1) is 24.8 Å². The number of amides is 1. The first kappa shape index (κ1) is 16.6. The van der Waals surface area contributed by atoms with E-state index in [-0.39, 0.29) is 35.8 Å². The Hall–Kier alpha value is -0.900. The molecule has 0 aromatic heterocycles. The van der Waals surface area contributed by atoms with E-state index in [9.17, 15) is 14.3 Å². The van der Waals surface area contributed by atoms with Gasteiger partial charge in [0.15, 0.2) is 0 Å². The van der Waals surface area contributed by atoms with Crippen molar-refractivity contribution in [3.05, 3.63) is 0 Å². The lowest BCUT2D eigenvalue weighted by atomic mass is 9.50. The van der Waals surface area contributed by atoms with E-state index < -0.39 is 17.8 Å². The highest BCUT2D eigenvalue weighted by Crippen LogP contribution is 2.61. The molecule has 1 saturated heterocycles. The van der Waals surface area contributed by atoms with Crippen LogP contribution in [0.15, 0.2) is 0 Å². The topological polar surface area (TPSA) is 76.4 Å². The Morgan fingerprint density at radius 2 is 2.17 bits per heavy atom. The molecule has 24 heavy (non-hydrogen) atoms. The van der Waals surface area contributed by atoms with Gasteiger partial charge in [-0.2, -0.15) is 5.26 Å². The van der Waals surface area contributed by atoms with Gasteiger partial charge < -0.3 is 15.3 Å². The number of rotatable bonds is 3. The third-order valence-corrected chi connectivity index (χ3v) is 6.73. The summed E-state index contributed by atoms with van der Waals surface area (Å²) >= 11 is 6.73. The fraction of sp³-hybridized carbons (Fsp3) is 0.882. The second kappa shape index (κ2) is 5.30. The number of halogens is 2. The largest absolute Gasteiger partial charge is 0.390 e. The number of nitrogens with zero attached hydrogens (tertiary/aromatic N) is 2. The van der Waals surface area contributed by atoms with Crippen molar-refractivity contribution in [2.45, 2.75) is 73.2 Å². The standard InChI is InChI=1S/C17H23ClFN3O2/c18-15-2-11-3-16(8-15,10-17(24,4-11)9-15)21-6-14(23)22-7-12(19)1-13(22)5-20/h11-13,21,24H,1-4,6-10H2/t11?,12-,13-,15?,16?,17?/m0/s1. The summed E-state index contributed by atoms with van der Waals surface area (Å²) in [5.74, 6) is 0.147. The van der Waals surface area contributed by atoms with Crippen LogP contribution >= 0.6 is 11.6 Å². The molecule has 5 fully saturated rings. The maximum absolute atomic E-state index is 13.5. The fourth-order valence-corrected chi connectivity index (χ4v) is 6.74. The highest BCUT2D eigenvalue weighted by molar-refractivity contribution is 6.24. The van der Waals surface area contributed by atoms with Crippen molar-refractivity contribution in [2.75, 3.05) is 13.1 Å². The smallest absolute Gasteiger partial charge is 0.237 e. The summed E-state index contributed by atoms with van der Waals surface area (Å²) in [7, 11) is 0. The first-order valence-electron chi connectivity index (χ1n) is 8.73. The van der Waals surface area contributed by atoms with Crippen molar-refractivity contribution in [1.82, 2.24) is 10.2 Å². The summed E-state index contributed by atoms with van der Waals surface area (Å²) in [6.45, 7) is 0.0679. The Kier molecular flexibility index (Phi) is 3.66. The van der Waals surface area contributed by atoms with Gasteiger partial charge in [-0.05, 0) is 44.4 Å². The second-order valence-corrected chi connectivity index (χ2v) is 9.34. The van der Waals surface area contributed by atoms with Crippen LogP contribution in [0.5, 0.6) is 0 Å². The predicted octanol–water partition coefficient (Wildman–Crippen LogP) is 1.48. The molecule has 4 saturated carbocycles. The summed E-state index contributed by atoms with van der Waals surface area (Å²) in [5.41, 5.74) is -1.05. The quantitative estimate of drug-likeness (QED) is 0.752. The van der Waals surface area contributed by atoms with Crippen LogP contribution in [-0.2, 0) is 4.79 Å². The number of nitriles is 1. The number of carbonyl (C=O) groups is 1. The highest BCUT2D eigenvalue weighted by atomic mass is 35.5. The van der Waals surface area contributed by atoms with Crippen LogP contribution in [0.3, 0.4) is 0 Å². The average Bonchev–Trinajstić information content (AvgIpc) is 2.82.